The summed E-state index contributed by atoms with van der Waals surface area (Å²) in [4.78, 5) is 26.9. The molecule has 2 aromatic heterocycles. The zero-order valence-corrected chi connectivity index (χ0v) is 18.5. The Labute approximate surface area is 186 Å². The van der Waals surface area contributed by atoms with Crippen LogP contribution >= 0.6 is 0 Å². The van der Waals surface area contributed by atoms with Crippen LogP contribution in [0, 0.1) is 13.8 Å². The van der Waals surface area contributed by atoms with Crippen LogP contribution in [-0.4, -0.2) is 45.1 Å². The Morgan fingerprint density at radius 1 is 1.16 bits per heavy atom. The molecule has 2 N–H and O–H groups in total. The highest BCUT2D eigenvalue weighted by molar-refractivity contribution is 5.99. The van der Waals surface area contributed by atoms with Gasteiger partial charge in [-0.05, 0) is 69.4 Å². The van der Waals surface area contributed by atoms with Crippen LogP contribution in [0.3, 0.4) is 0 Å². The first-order valence-electron chi connectivity index (χ1n) is 11.0. The molecule has 1 aliphatic heterocycles. The zero-order valence-electron chi connectivity index (χ0n) is 18.5. The van der Waals surface area contributed by atoms with Crippen LogP contribution in [0.1, 0.15) is 47.7 Å². The van der Waals surface area contributed by atoms with Gasteiger partial charge in [0.2, 0.25) is 0 Å². The SMILES string of the molecule is Cc1cc(Oc2ccnn3cc(C(=O)N4CCC4C)c(C)c23)ccc1NC(=O)NC1CC1. The summed E-state index contributed by atoms with van der Waals surface area (Å²) in [6.45, 7) is 6.71. The van der Waals surface area contributed by atoms with E-state index in [1.165, 1.54) is 0 Å². The number of likely N-dealkylation sites (tertiary alicyclic amines) is 1. The molecule has 1 aliphatic carbocycles. The molecule has 32 heavy (non-hydrogen) atoms. The molecule has 0 spiro atoms. The van der Waals surface area contributed by atoms with Crippen molar-refractivity contribution in [2.24, 2.45) is 0 Å². The molecule has 2 aliphatic rings. The maximum Gasteiger partial charge on any atom is 0.319 e. The zero-order chi connectivity index (χ0) is 22.4. The van der Waals surface area contributed by atoms with Crippen molar-refractivity contribution < 1.29 is 14.3 Å². The largest absolute Gasteiger partial charge is 0.455 e. The normalized spacial score (nSPS) is 17.7. The van der Waals surface area contributed by atoms with E-state index in [1.807, 2.05) is 36.9 Å². The monoisotopic (exact) mass is 433 g/mol. The number of fused-ring (bicyclic) bond motifs is 1. The van der Waals surface area contributed by atoms with E-state index in [9.17, 15) is 9.59 Å². The number of aryl methyl sites for hydroxylation is 2. The van der Waals surface area contributed by atoms with Crippen LogP contribution in [0.15, 0.2) is 36.7 Å². The number of amides is 3. The molecule has 1 aromatic carbocycles. The number of urea groups is 1. The second-order valence-corrected chi connectivity index (χ2v) is 8.74. The lowest BCUT2D eigenvalue weighted by Gasteiger charge is -2.38. The van der Waals surface area contributed by atoms with E-state index in [0.717, 1.165) is 48.1 Å². The first-order chi connectivity index (χ1) is 15.4. The van der Waals surface area contributed by atoms with E-state index >= 15 is 0 Å². The molecule has 0 radical (unpaired) electrons. The van der Waals surface area contributed by atoms with Gasteiger partial charge in [-0.3, -0.25) is 4.79 Å². The quantitative estimate of drug-likeness (QED) is 0.629. The van der Waals surface area contributed by atoms with E-state index in [0.29, 0.717) is 23.1 Å². The number of rotatable bonds is 5. The molecule has 1 atom stereocenters. The number of nitrogens with zero attached hydrogens (tertiary/aromatic N) is 3. The lowest BCUT2D eigenvalue weighted by Crippen LogP contribution is -2.49. The summed E-state index contributed by atoms with van der Waals surface area (Å²) < 4.78 is 7.89. The van der Waals surface area contributed by atoms with Crippen LogP contribution in [-0.2, 0) is 0 Å². The first-order valence-corrected chi connectivity index (χ1v) is 11.0. The topological polar surface area (TPSA) is 88.0 Å². The highest BCUT2D eigenvalue weighted by atomic mass is 16.5. The number of carbonyl (C=O) groups excluding carboxylic acids is 2. The van der Waals surface area contributed by atoms with Gasteiger partial charge in [-0.25, -0.2) is 9.31 Å². The molecule has 166 valence electrons. The number of ether oxygens (including phenoxy) is 1. The third kappa shape index (κ3) is 3.77. The number of hydrogen-bond acceptors (Lipinski definition) is 4. The Balaban J connectivity index is 1.38. The van der Waals surface area contributed by atoms with Crippen molar-refractivity contribution in [3.05, 3.63) is 53.3 Å². The Hall–Kier alpha value is -3.55. The van der Waals surface area contributed by atoms with Gasteiger partial charge in [-0.2, -0.15) is 5.10 Å². The van der Waals surface area contributed by atoms with Crippen LogP contribution in [0.2, 0.25) is 0 Å². The van der Waals surface area contributed by atoms with Gasteiger partial charge < -0.3 is 20.3 Å². The molecule has 5 rings (SSSR count). The van der Waals surface area contributed by atoms with E-state index in [-0.39, 0.29) is 18.0 Å². The smallest absolute Gasteiger partial charge is 0.319 e. The van der Waals surface area contributed by atoms with Gasteiger partial charge in [0.1, 0.15) is 11.3 Å². The molecule has 3 heterocycles. The van der Waals surface area contributed by atoms with E-state index in [1.54, 1.807) is 23.0 Å². The average molecular weight is 434 g/mol. The Morgan fingerprint density at radius 3 is 2.62 bits per heavy atom. The minimum Gasteiger partial charge on any atom is -0.455 e. The van der Waals surface area contributed by atoms with Gasteiger partial charge in [0.15, 0.2) is 5.75 Å². The van der Waals surface area contributed by atoms with Gasteiger partial charge in [-0.15, -0.1) is 0 Å². The highest BCUT2D eigenvalue weighted by Crippen LogP contribution is 2.33. The minimum absolute atomic E-state index is 0.0356. The number of hydrogen-bond donors (Lipinski definition) is 2. The Morgan fingerprint density at radius 2 is 1.97 bits per heavy atom. The van der Waals surface area contributed by atoms with Gasteiger partial charge in [0.05, 0.1) is 11.8 Å². The van der Waals surface area contributed by atoms with Crippen molar-refractivity contribution in [1.29, 1.82) is 0 Å². The summed E-state index contributed by atoms with van der Waals surface area (Å²) in [7, 11) is 0. The van der Waals surface area contributed by atoms with Gasteiger partial charge in [0.25, 0.3) is 5.91 Å². The molecule has 1 unspecified atom stereocenters. The molecule has 8 heteroatoms. The summed E-state index contributed by atoms with van der Waals surface area (Å²) in [5.41, 5.74) is 3.91. The Kier molecular flexibility index (Phi) is 5.00. The second kappa shape index (κ2) is 7.85. The summed E-state index contributed by atoms with van der Waals surface area (Å²) >= 11 is 0. The molecular weight excluding hydrogens is 406 g/mol. The second-order valence-electron chi connectivity index (χ2n) is 8.74. The number of aromatic nitrogens is 2. The summed E-state index contributed by atoms with van der Waals surface area (Å²) in [5.74, 6) is 1.31. The molecule has 1 saturated heterocycles. The summed E-state index contributed by atoms with van der Waals surface area (Å²) in [5, 5.41) is 10.2. The lowest BCUT2D eigenvalue weighted by atomic mass is 10.0. The van der Waals surface area contributed by atoms with Crippen molar-refractivity contribution in [1.82, 2.24) is 19.8 Å². The van der Waals surface area contributed by atoms with Gasteiger partial charge in [0, 0.05) is 36.6 Å². The van der Waals surface area contributed by atoms with Crippen molar-refractivity contribution in [3.8, 4) is 11.5 Å². The average Bonchev–Trinajstić information content (AvgIpc) is 3.49. The number of anilines is 1. The molecule has 0 bridgehead atoms. The van der Waals surface area contributed by atoms with Crippen molar-refractivity contribution >= 4 is 23.1 Å². The van der Waals surface area contributed by atoms with Crippen molar-refractivity contribution in [2.45, 2.75) is 52.1 Å². The Bertz CT molecular complexity index is 1210. The molecule has 8 nitrogen and oxygen atoms in total. The fourth-order valence-electron chi connectivity index (χ4n) is 4.03. The number of benzene rings is 1. The molecule has 3 amide bonds. The van der Waals surface area contributed by atoms with Gasteiger partial charge >= 0.3 is 6.03 Å². The van der Waals surface area contributed by atoms with Crippen LogP contribution in [0.25, 0.3) is 5.52 Å². The fraction of sp³-hybridized carbons (Fsp3) is 0.375. The number of carbonyl (C=O) groups is 2. The fourth-order valence-corrected chi connectivity index (χ4v) is 4.03. The van der Waals surface area contributed by atoms with Gasteiger partial charge in [-0.1, -0.05) is 0 Å². The van der Waals surface area contributed by atoms with Crippen LogP contribution in [0.4, 0.5) is 10.5 Å². The molecule has 1 saturated carbocycles. The predicted octanol–water partition coefficient (Wildman–Crippen LogP) is 4.26. The first kappa shape index (κ1) is 20.4. The third-order valence-electron chi connectivity index (χ3n) is 6.29. The van der Waals surface area contributed by atoms with E-state index in [4.69, 9.17) is 4.74 Å². The lowest BCUT2D eigenvalue weighted by molar-refractivity contribution is 0.0501. The van der Waals surface area contributed by atoms with Crippen molar-refractivity contribution in [2.75, 3.05) is 11.9 Å². The maximum absolute atomic E-state index is 12.9. The third-order valence-corrected chi connectivity index (χ3v) is 6.29. The highest BCUT2D eigenvalue weighted by Gasteiger charge is 2.31. The van der Waals surface area contributed by atoms with Crippen LogP contribution in [0.5, 0.6) is 11.5 Å². The standard InChI is InChI=1S/C24H27N5O3/c1-14-12-18(6-7-20(14)27-24(31)26-17-4-5-17)32-21-8-10-25-29-13-19(16(3)22(21)29)23(30)28-11-9-15(28)2/h6-8,10,12-13,15,17H,4-5,9,11H2,1-3H3,(H2,26,27,31). The molecule has 2 fully saturated rings. The van der Waals surface area contributed by atoms with E-state index in [2.05, 4.69) is 22.7 Å². The van der Waals surface area contributed by atoms with E-state index < -0.39 is 0 Å². The van der Waals surface area contributed by atoms with Crippen molar-refractivity contribution in [3.63, 3.8) is 0 Å². The summed E-state index contributed by atoms with van der Waals surface area (Å²) in [6.07, 6.45) is 6.57. The minimum atomic E-state index is -0.183. The maximum atomic E-state index is 12.9. The van der Waals surface area contributed by atoms with Crippen LogP contribution < -0.4 is 15.4 Å². The molecule has 3 aromatic rings. The predicted molar refractivity (Wildman–Crippen MR) is 121 cm³/mol. The summed E-state index contributed by atoms with van der Waals surface area (Å²) in [6, 6.07) is 7.73. The molecular formula is C24H27N5O3. The number of nitrogens with one attached hydrogen (secondary N) is 2.